The molecule has 9 heteroatoms. The van der Waals surface area contributed by atoms with Crippen LogP contribution >= 0.6 is 0 Å². The van der Waals surface area contributed by atoms with E-state index in [0.717, 1.165) is 22.1 Å². The van der Waals surface area contributed by atoms with E-state index >= 15 is 0 Å². The van der Waals surface area contributed by atoms with Gasteiger partial charge in [-0.25, -0.2) is 9.59 Å². The molecule has 4 aromatic rings. The van der Waals surface area contributed by atoms with Gasteiger partial charge in [0.1, 0.15) is 18.2 Å². The Labute approximate surface area is 218 Å². The number of rotatable bonds is 9. The Balaban J connectivity index is 1.36. The molecule has 0 fully saturated rings. The summed E-state index contributed by atoms with van der Waals surface area (Å²) in [7, 11) is 0. The van der Waals surface area contributed by atoms with Crippen LogP contribution in [0.1, 0.15) is 16.7 Å². The number of hydrogen-bond donors (Lipinski definition) is 3. The molecular formula is C29H27N3O6. The monoisotopic (exact) mass is 513 g/mol. The van der Waals surface area contributed by atoms with Gasteiger partial charge in [-0.15, -0.1) is 0 Å². The number of benzene rings is 3. The number of ether oxygens (including phenoxy) is 1. The van der Waals surface area contributed by atoms with Crippen LogP contribution in [-0.2, 0) is 27.4 Å². The predicted octanol–water partition coefficient (Wildman–Crippen LogP) is 3.69. The van der Waals surface area contributed by atoms with E-state index in [1.165, 1.54) is 6.07 Å². The molecule has 1 aromatic heterocycles. The van der Waals surface area contributed by atoms with Crippen molar-refractivity contribution in [3.63, 3.8) is 0 Å². The lowest BCUT2D eigenvalue weighted by molar-refractivity contribution is -0.125. The van der Waals surface area contributed by atoms with E-state index in [9.17, 15) is 19.2 Å². The maximum Gasteiger partial charge on any atom is 0.408 e. The number of carbonyl (C=O) groups is 3. The number of aryl methyl sites for hydroxylation is 1. The predicted molar refractivity (Wildman–Crippen MR) is 143 cm³/mol. The van der Waals surface area contributed by atoms with Gasteiger partial charge in [-0.2, -0.15) is 0 Å². The topological polar surface area (TPSA) is 127 Å². The van der Waals surface area contributed by atoms with Gasteiger partial charge >= 0.3 is 11.7 Å². The van der Waals surface area contributed by atoms with Crippen molar-refractivity contribution in [2.75, 3.05) is 11.9 Å². The van der Waals surface area contributed by atoms with Gasteiger partial charge in [-0.05, 0) is 35.7 Å². The van der Waals surface area contributed by atoms with Gasteiger partial charge in [-0.3, -0.25) is 9.59 Å². The minimum absolute atomic E-state index is 0.0557. The maximum atomic E-state index is 13.0. The highest BCUT2D eigenvalue weighted by atomic mass is 16.5. The van der Waals surface area contributed by atoms with Crippen LogP contribution in [0.5, 0.6) is 0 Å². The van der Waals surface area contributed by atoms with Gasteiger partial charge in [0.15, 0.2) is 0 Å². The number of amides is 3. The van der Waals surface area contributed by atoms with Crippen molar-refractivity contribution in [3.05, 3.63) is 112 Å². The van der Waals surface area contributed by atoms with Crippen molar-refractivity contribution in [2.45, 2.75) is 26.0 Å². The summed E-state index contributed by atoms with van der Waals surface area (Å²) in [4.78, 5) is 49.6. The Morgan fingerprint density at radius 2 is 1.58 bits per heavy atom. The lowest BCUT2D eigenvalue weighted by atomic mass is 10.1. The molecule has 3 aromatic carbocycles. The van der Waals surface area contributed by atoms with Crippen molar-refractivity contribution in [2.24, 2.45) is 0 Å². The van der Waals surface area contributed by atoms with Gasteiger partial charge in [0.2, 0.25) is 11.8 Å². The number of carbonyl (C=O) groups excluding carboxylic acids is 3. The third kappa shape index (κ3) is 7.30. The second kappa shape index (κ2) is 12.4. The van der Waals surface area contributed by atoms with Crippen molar-refractivity contribution >= 4 is 34.6 Å². The van der Waals surface area contributed by atoms with E-state index in [0.29, 0.717) is 11.3 Å². The lowest BCUT2D eigenvalue weighted by Crippen LogP contribution is -2.49. The Morgan fingerprint density at radius 1 is 0.895 bits per heavy atom. The Bertz CT molecular complexity index is 1480. The highest BCUT2D eigenvalue weighted by Gasteiger charge is 2.22. The molecule has 0 aliphatic rings. The number of anilines is 1. The highest BCUT2D eigenvalue weighted by molar-refractivity contribution is 5.97. The number of nitrogens with one attached hydrogen (secondary N) is 3. The molecule has 0 saturated heterocycles. The van der Waals surface area contributed by atoms with Gasteiger partial charge in [0.05, 0.1) is 6.54 Å². The van der Waals surface area contributed by atoms with E-state index in [2.05, 4.69) is 16.0 Å². The van der Waals surface area contributed by atoms with Gasteiger partial charge in [0.25, 0.3) is 0 Å². The smallest absolute Gasteiger partial charge is 0.408 e. The fourth-order valence-corrected chi connectivity index (χ4v) is 3.86. The summed E-state index contributed by atoms with van der Waals surface area (Å²) >= 11 is 0. The zero-order valence-corrected chi connectivity index (χ0v) is 20.7. The molecule has 194 valence electrons. The lowest BCUT2D eigenvalue weighted by Gasteiger charge is -2.18. The molecule has 0 spiro atoms. The van der Waals surface area contributed by atoms with Gasteiger partial charge in [0, 0.05) is 29.6 Å². The summed E-state index contributed by atoms with van der Waals surface area (Å²) in [5.74, 6) is -1.03. The molecular weight excluding hydrogens is 486 g/mol. The van der Waals surface area contributed by atoms with Crippen molar-refractivity contribution < 1.29 is 23.5 Å². The molecule has 0 aliphatic heterocycles. The van der Waals surface area contributed by atoms with E-state index in [4.69, 9.17) is 9.15 Å². The molecule has 1 atom stereocenters. The molecule has 0 bridgehead atoms. The van der Waals surface area contributed by atoms with Gasteiger partial charge < -0.3 is 25.1 Å². The van der Waals surface area contributed by atoms with Crippen LogP contribution in [0.3, 0.4) is 0 Å². The molecule has 4 rings (SSSR count). The van der Waals surface area contributed by atoms with Crippen LogP contribution in [0.15, 0.2) is 94.1 Å². The molecule has 0 saturated carbocycles. The average Bonchev–Trinajstić information content (AvgIpc) is 2.91. The van der Waals surface area contributed by atoms with Crippen LogP contribution < -0.4 is 21.6 Å². The fourth-order valence-electron chi connectivity index (χ4n) is 3.86. The molecule has 3 amide bonds. The third-order valence-electron chi connectivity index (χ3n) is 5.76. The van der Waals surface area contributed by atoms with Crippen LogP contribution in [0, 0.1) is 6.92 Å². The summed E-state index contributed by atoms with van der Waals surface area (Å²) in [5, 5.41) is 8.58. The maximum absolute atomic E-state index is 13.0. The molecule has 3 N–H and O–H groups in total. The number of fused-ring (bicyclic) bond motifs is 1. The van der Waals surface area contributed by atoms with Crippen molar-refractivity contribution in [1.82, 2.24) is 10.6 Å². The largest absolute Gasteiger partial charge is 0.445 e. The first-order chi connectivity index (χ1) is 18.4. The van der Waals surface area contributed by atoms with Gasteiger partial charge in [-0.1, -0.05) is 60.7 Å². The minimum Gasteiger partial charge on any atom is -0.445 e. The molecule has 1 unspecified atom stereocenters. The first-order valence-corrected chi connectivity index (χ1v) is 12.0. The SMILES string of the molecule is Cc1cc(=O)oc2cc(NC(=O)CNC(=O)C(Cc3ccccc3)NC(=O)OCc3ccccc3)ccc12. The Morgan fingerprint density at radius 3 is 2.29 bits per heavy atom. The summed E-state index contributed by atoms with van der Waals surface area (Å²) in [6.45, 7) is 1.52. The quantitative estimate of drug-likeness (QED) is 0.293. The first-order valence-electron chi connectivity index (χ1n) is 12.0. The molecule has 0 aliphatic carbocycles. The highest BCUT2D eigenvalue weighted by Crippen LogP contribution is 2.20. The fraction of sp³-hybridized carbons (Fsp3) is 0.172. The van der Waals surface area contributed by atoms with Crippen molar-refractivity contribution in [3.8, 4) is 0 Å². The molecule has 9 nitrogen and oxygen atoms in total. The average molecular weight is 514 g/mol. The van der Waals surface area contributed by atoms with Crippen LogP contribution in [0.2, 0.25) is 0 Å². The minimum atomic E-state index is -0.966. The van der Waals surface area contributed by atoms with Crippen LogP contribution in [0.4, 0.5) is 10.5 Å². The summed E-state index contributed by atoms with van der Waals surface area (Å²) in [6, 6.07) is 23.8. The van der Waals surface area contributed by atoms with E-state index in [1.54, 1.807) is 25.1 Å². The van der Waals surface area contributed by atoms with E-state index in [1.807, 2.05) is 60.7 Å². The summed E-state index contributed by atoms with van der Waals surface area (Å²) in [5.41, 5.74) is 2.68. The zero-order valence-electron chi connectivity index (χ0n) is 20.7. The standard InChI is InChI=1S/C29H27N3O6/c1-19-14-27(34)38-25-16-22(12-13-23(19)25)31-26(33)17-30-28(35)24(15-20-8-4-2-5-9-20)32-29(36)37-18-21-10-6-3-7-11-21/h2-14,16,24H,15,17-18H2,1H3,(H,30,35)(H,31,33)(H,32,36). The van der Waals surface area contributed by atoms with Crippen LogP contribution in [-0.4, -0.2) is 30.5 Å². The Hall–Kier alpha value is -4.92. The second-order valence-electron chi connectivity index (χ2n) is 8.67. The molecule has 38 heavy (non-hydrogen) atoms. The summed E-state index contributed by atoms with van der Waals surface area (Å²) < 4.78 is 10.5. The number of alkyl carbamates (subject to hydrolysis) is 1. The van der Waals surface area contributed by atoms with Crippen LogP contribution in [0.25, 0.3) is 11.0 Å². The summed E-state index contributed by atoms with van der Waals surface area (Å²) in [6.07, 6.45) is -0.542. The third-order valence-corrected chi connectivity index (χ3v) is 5.76. The normalized spacial score (nSPS) is 11.4. The van der Waals surface area contributed by atoms with E-state index in [-0.39, 0.29) is 19.6 Å². The van der Waals surface area contributed by atoms with Crippen molar-refractivity contribution in [1.29, 1.82) is 0 Å². The zero-order chi connectivity index (χ0) is 26.9. The molecule has 0 radical (unpaired) electrons. The Kier molecular flexibility index (Phi) is 8.50. The first kappa shape index (κ1) is 26.2. The second-order valence-corrected chi connectivity index (χ2v) is 8.67. The number of hydrogen-bond acceptors (Lipinski definition) is 6. The molecule has 1 heterocycles. The van der Waals surface area contributed by atoms with E-state index < -0.39 is 29.6 Å².